The molecule has 2 aromatic rings. The number of hydrogen-bond donors (Lipinski definition) is 2. The number of hydrogen-bond acceptors (Lipinski definition) is 3. The van der Waals surface area contributed by atoms with E-state index in [-0.39, 0.29) is 17.4 Å². The van der Waals surface area contributed by atoms with Gasteiger partial charge in [-0.25, -0.2) is 9.78 Å². The Labute approximate surface area is 151 Å². The molecule has 0 saturated carbocycles. The van der Waals surface area contributed by atoms with Crippen LogP contribution in [0.4, 0.5) is 0 Å². The van der Waals surface area contributed by atoms with Gasteiger partial charge in [-0.05, 0) is 31.4 Å². The molecule has 1 amide bonds. The molecule has 0 unspecified atom stereocenters. The number of rotatable bonds is 3. The number of carboxylic acid groups (broad SMARTS) is 1. The highest BCUT2D eigenvalue weighted by Crippen LogP contribution is 2.26. The molecule has 1 aliphatic carbocycles. The van der Waals surface area contributed by atoms with Gasteiger partial charge in [0.1, 0.15) is 5.82 Å². The molecule has 1 aromatic carbocycles. The third-order valence-electron chi connectivity index (χ3n) is 5.14. The van der Waals surface area contributed by atoms with Crippen LogP contribution < -0.4 is 0 Å². The molecule has 4 rings (SSSR count). The Hall–Kier alpha value is -2.89. The number of aromatic carboxylic acids is 1. The molecule has 2 heterocycles. The van der Waals surface area contributed by atoms with Gasteiger partial charge in [0.05, 0.1) is 23.5 Å². The molecule has 0 saturated heterocycles. The first-order chi connectivity index (χ1) is 12.6. The molecule has 1 atom stereocenters. The Bertz CT molecular complexity index is 884. The van der Waals surface area contributed by atoms with Gasteiger partial charge < -0.3 is 15.0 Å². The van der Waals surface area contributed by atoms with Gasteiger partial charge in [-0.3, -0.25) is 4.79 Å². The predicted octanol–water partition coefficient (Wildman–Crippen LogP) is 3.02. The van der Waals surface area contributed by atoms with Crippen LogP contribution in [0.2, 0.25) is 0 Å². The molecule has 1 aromatic heterocycles. The Balaban J connectivity index is 1.54. The third-order valence-corrected chi connectivity index (χ3v) is 5.14. The average Bonchev–Trinajstić information content (AvgIpc) is 3.11. The second-order valence-corrected chi connectivity index (χ2v) is 6.89. The lowest BCUT2D eigenvalue weighted by Crippen LogP contribution is -2.40. The summed E-state index contributed by atoms with van der Waals surface area (Å²) in [5, 5.41) is 9.16. The molecule has 6 nitrogen and oxygen atoms in total. The quantitative estimate of drug-likeness (QED) is 0.832. The summed E-state index contributed by atoms with van der Waals surface area (Å²) in [6.07, 6.45) is 7.70. The minimum atomic E-state index is -0.957. The van der Waals surface area contributed by atoms with Gasteiger partial charge in [0.15, 0.2) is 0 Å². The van der Waals surface area contributed by atoms with E-state index in [9.17, 15) is 9.59 Å². The Morgan fingerprint density at radius 3 is 2.92 bits per heavy atom. The van der Waals surface area contributed by atoms with Crippen molar-refractivity contribution >= 4 is 11.9 Å². The van der Waals surface area contributed by atoms with Gasteiger partial charge in [0, 0.05) is 24.4 Å². The Morgan fingerprint density at radius 1 is 1.27 bits per heavy atom. The Kier molecular flexibility index (Phi) is 4.32. The van der Waals surface area contributed by atoms with Crippen molar-refractivity contribution in [2.75, 3.05) is 6.54 Å². The molecule has 26 heavy (non-hydrogen) atoms. The van der Waals surface area contributed by atoms with E-state index in [2.05, 4.69) is 22.1 Å². The van der Waals surface area contributed by atoms with Crippen molar-refractivity contribution < 1.29 is 14.7 Å². The van der Waals surface area contributed by atoms with Crippen LogP contribution in [0.25, 0.3) is 11.4 Å². The molecule has 0 bridgehead atoms. The topological polar surface area (TPSA) is 86.3 Å². The van der Waals surface area contributed by atoms with Crippen molar-refractivity contribution in [2.45, 2.75) is 32.2 Å². The summed E-state index contributed by atoms with van der Waals surface area (Å²) in [4.78, 5) is 33.8. The van der Waals surface area contributed by atoms with E-state index >= 15 is 0 Å². The number of aromatic amines is 1. The SMILES string of the molecule is O=C(O)c1cccc(-c2nc3c([nH]2)CN(C(=O)[C@@H]2CC=CCC2)CC3)c1. The van der Waals surface area contributed by atoms with Gasteiger partial charge in [-0.1, -0.05) is 24.3 Å². The van der Waals surface area contributed by atoms with E-state index in [1.807, 2.05) is 11.0 Å². The lowest BCUT2D eigenvalue weighted by molar-refractivity contribution is -0.136. The van der Waals surface area contributed by atoms with Gasteiger partial charge in [-0.2, -0.15) is 0 Å². The summed E-state index contributed by atoms with van der Waals surface area (Å²) < 4.78 is 0. The largest absolute Gasteiger partial charge is 0.478 e. The maximum Gasteiger partial charge on any atom is 0.335 e. The van der Waals surface area contributed by atoms with Crippen molar-refractivity contribution in [2.24, 2.45) is 5.92 Å². The van der Waals surface area contributed by atoms with Gasteiger partial charge >= 0.3 is 5.97 Å². The number of allylic oxidation sites excluding steroid dienone is 2. The van der Waals surface area contributed by atoms with Gasteiger partial charge in [0.2, 0.25) is 5.91 Å². The number of fused-ring (bicyclic) bond motifs is 1. The molecule has 1 aliphatic heterocycles. The van der Waals surface area contributed by atoms with Crippen LogP contribution in [-0.4, -0.2) is 38.4 Å². The highest BCUT2D eigenvalue weighted by molar-refractivity contribution is 5.89. The number of carboxylic acids is 1. The molecule has 0 spiro atoms. The van der Waals surface area contributed by atoms with Crippen LogP contribution in [0.3, 0.4) is 0 Å². The molecule has 6 heteroatoms. The smallest absolute Gasteiger partial charge is 0.335 e. The van der Waals surface area contributed by atoms with Crippen molar-refractivity contribution in [3.8, 4) is 11.4 Å². The maximum atomic E-state index is 12.8. The third kappa shape index (κ3) is 3.14. The Morgan fingerprint density at radius 2 is 2.15 bits per heavy atom. The maximum absolute atomic E-state index is 12.8. The lowest BCUT2D eigenvalue weighted by atomic mass is 9.92. The molecular formula is C20H21N3O3. The molecule has 0 fully saturated rings. The average molecular weight is 351 g/mol. The number of aromatic nitrogens is 2. The first kappa shape index (κ1) is 16.6. The monoisotopic (exact) mass is 351 g/mol. The minimum Gasteiger partial charge on any atom is -0.478 e. The molecule has 134 valence electrons. The summed E-state index contributed by atoms with van der Waals surface area (Å²) in [6, 6.07) is 6.73. The fourth-order valence-electron chi connectivity index (χ4n) is 3.69. The second-order valence-electron chi connectivity index (χ2n) is 6.89. The van der Waals surface area contributed by atoms with E-state index in [4.69, 9.17) is 5.11 Å². The van der Waals surface area contributed by atoms with Gasteiger partial charge in [0.25, 0.3) is 0 Å². The predicted molar refractivity (Wildman–Crippen MR) is 96.6 cm³/mol. The summed E-state index contributed by atoms with van der Waals surface area (Å²) >= 11 is 0. The highest BCUT2D eigenvalue weighted by atomic mass is 16.4. The van der Waals surface area contributed by atoms with E-state index in [0.29, 0.717) is 18.9 Å². The van der Waals surface area contributed by atoms with Crippen LogP contribution in [-0.2, 0) is 17.8 Å². The number of carbonyl (C=O) groups is 2. The summed E-state index contributed by atoms with van der Waals surface area (Å²) in [7, 11) is 0. The van der Waals surface area contributed by atoms with Crippen molar-refractivity contribution in [3.05, 3.63) is 53.4 Å². The summed E-state index contributed by atoms with van der Waals surface area (Å²) in [6.45, 7) is 1.23. The first-order valence-electron chi connectivity index (χ1n) is 8.97. The first-order valence-corrected chi connectivity index (χ1v) is 8.97. The number of nitrogens with zero attached hydrogens (tertiary/aromatic N) is 2. The van der Waals surface area contributed by atoms with Gasteiger partial charge in [-0.15, -0.1) is 0 Å². The minimum absolute atomic E-state index is 0.0937. The number of H-pyrrole nitrogens is 1. The normalized spacial score (nSPS) is 19.2. The summed E-state index contributed by atoms with van der Waals surface area (Å²) in [5.74, 6) is 0.0229. The zero-order valence-electron chi connectivity index (χ0n) is 14.4. The number of imidazole rings is 1. The van der Waals surface area contributed by atoms with Crippen molar-refractivity contribution in [3.63, 3.8) is 0 Å². The van der Waals surface area contributed by atoms with Crippen LogP contribution in [0, 0.1) is 5.92 Å². The van der Waals surface area contributed by atoms with Crippen LogP contribution in [0.1, 0.15) is 41.0 Å². The lowest BCUT2D eigenvalue weighted by Gasteiger charge is -2.30. The van der Waals surface area contributed by atoms with E-state index in [1.165, 1.54) is 0 Å². The van der Waals surface area contributed by atoms with Crippen LogP contribution in [0.5, 0.6) is 0 Å². The van der Waals surface area contributed by atoms with E-state index < -0.39 is 5.97 Å². The standard InChI is InChI=1S/C20H21N3O3/c24-19(13-5-2-1-3-6-13)23-10-9-16-17(12-23)22-18(21-16)14-7-4-8-15(11-14)20(25)26/h1-2,4,7-8,11,13H,3,5-6,9-10,12H2,(H,21,22)(H,25,26)/t13-/m1/s1. The molecular weight excluding hydrogens is 330 g/mol. The van der Waals surface area contributed by atoms with Crippen molar-refractivity contribution in [1.82, 2.24) is 14.9 Å². The molecule has 2 aliphatic rings. The van der Waals surface area contributed by atoms with Crippen LogP contribution in [0.15, 0.2) is 36.4 Å². The van der Waals surface area contributed by atoms with E-state index in [0.717, 1.165) is 42.6 Å². The number of carbonyl (C=O) groups excluding carboxylic acids is 1. The van der Waals surface area contributed by atoms with Crippen molar-refractivity contribution in [1.29, 1.82) is 0 Å². The van der Waals surface area contributed by atoms with E-state index in [1.54, 1.807) is 18.2 Å². The zero-order valence-corrected chi connectivity index (χ0v) is 14.4. The second kappa shape index (κ2) is 6.78. The zero-order chi connectivity index (χ0) is 18.1. The number of nitrogens with one attached hydrogen (secondary N) is 1. The number of benzene rings is 1. The molecule has 0 radical (unpaired) electrons. The molecule has 2 N–H and O–H groups in total. The highest BCUT2D eigenvalue weighted by Gasteiger charge is 2.29. The number of amides is 1. The fraction of sp³-hybridized carbons (Fsp3) is 0.350. The summed E-state index contributed by atoms with van der Waals surface area (Å²) in [5.41, 5.74) is 2.90. The van der Waals surface area contributed by atoms with Crippen LogP contribution >= 0.6 is 0 Å². The fourth-order valence-corrected chi connectivity index (χ4v) is 3.69.